The van der Waals surface area contributed by atoms with Gasteiger partial charge in [0.2, 0.25) is 0 Å². The summed E-state index contributed by atoms with van der Waals surface area (Å²) in [5.41, 5.74) is 8.83. The molecule has 2 aromatic carbocycles. The third kappa shape index (κ3) is 2.87. The molecule has 0 spiro atoms. The van der Waals surface area contributed by atoms with Crippen LogP contribution in [0.4, 0.5) is 10.1 Å². The van der Waals surface area contributed by atoms with Crippen molar-refractivity contribution in [3.8, 4) is 16.9 Å². The Balaban J connectivity index is 2.10. The highest BCUT2D eigenvalue weighted by Gasteiger charge is 2.13. The van der Waals surface area contributed by atoms with E-state index < -0.39 is 0 Å². The monoisotopic (exact) mass is 409 g/mol. The van der Waals surface area contributed by atoms with Crippen LogP contribution in [0.1, 0.15) is 0 Å². The molecular weight excluding hydrogens is 401 g/mol. The second-order valence-corrected chi connectivity index (χ2v) is 6.25. The number of benzene rings is 2. The molecule has 1 heterocycles. The summed E-state index contributed by atoms with van der Waals surface area (Å²) >= 11 is 6.77. The molecule has 2 N–H and O–H groups in total. The zero-order chi connectivity index (χ0) is 15.0. The van der Waals surface area contributed by atoms with E-state index in [4.69, 9.17) is 5.73 Å². The molecule has 0 saturated carbocycles. The predicted molar refractivity (Wildman–Crippen MR) is 88.8 cm³/mol. The summed E-state index contributed by atoms with van der Waals surface area (Å²) in [6.45, 7) is 0. The van der Waals surface area contributed by atoms with Crippen molar-refractivity contribution in [3.63, 3.8) is 0 Å². The molecule has 0 aliphatic rings. The van der Waals surface area contributed by atoms with Crippen molar-refractivity contribution < 1.29 is 4.39 Å². The topological polar surface area (TPSA) is 43.8 Å². The van der Waals surface area contributed by atoms with Crippen LogP contribution in [0.5, 0.6) is 0 Å². The van der Waals surface area contributed by atoms with Gasteiger partial charge >= 0.3 is 0 Å². The lowest BCUT2D eigenvalue weighted by atomic mass is 10.1. The van der Waals surface area contributed by atoms with E-state index in [0.717, 1.165) is 15.7 Å². The Labute approximate surface area is 137 Å². The van der Waals surface area contributed by atoms with Crippen molar-refractivity contribution in [1.82, 2.24) is 9.78 Å². The van der Waals surface area contributed by atoms with E-state index in [1.165, 1.54) is 12.1 Å². The summed E-state index contributed by atoms with van der Waals surface area (Å²) in [7, 11) is 0. The van der Waals surface area contributed by atoms with Gasteiger partial charge in [0.15, 0.2) is 0 Å². The van der Waals surface area contributed by atoms with Crippen LogP contribution < -0.4 is 5.73 Å². The van der Waals surface area contributed by atoms with Gasteiger partial charge in [-0.1, -0.05) is 22.0 Å². The Hall–Kier alpha value is -1.66. The number of halogens is 3. The maximum atomic E-state index is 13.2. The lowest BCUT2D eigenvalue weighted by Crippen LogP contribution is -1.94. The van der Waals surface area contributed by atoms with Gasteiger partial charge in [0.05, 0.1) is 17.6 Å². The number of aromatic nitrogens is 2. The molecule has 0 unspecified atom stereocenters. The van der Waals surface area contributed by atoms with Crippen LogP contribution in [-0.4, -0.2) is 9.78 Å². The van der Waals surface area contributed by atoms with Gasteiger partial charge in [0.1, 0.15) is 11.5 Å². The van der Waals surface area contributed by atoms with Crippen molar-refractivity contribution in [2.75, 3.05) is 5.73 Å². The Bertz CT molecular complexity index is 814. The maximum Gasteiger partial charge on any atom is 0.124 e. The zero-order valence-electron chi connectivity index (χ0n) is 10.7. The van der Waals surface area contributed by atoms with Crippen molar-refractivity contribution in [2.24, 2.45) is 0 Å². The Morgan fingerprint density at radius 2 is 1.90 bits per heavy atom. The Morgan fingerprint density at radius 3 is 2.62 bits per heavy atom. The van der Waals surface area contributed by atoms with Crippen LogP contribution in [0.3, 0.4) is 0 Å². The lowest BCUT2D eigenvalue weighted by Gasteiger charge is -2.03. The molecule has 106 valence electrons. The minimum absolute atomic E-state index is 0.310. The van der Waals surface area contributed by atoms with Crippen molar-refractivity contribution in [1.29, 1.82) is 0 Å². The minimum Gasteiger partial charge on any atom is -0.396 e. The van der Waals surface area contributed by atoms with Crippen LogP contribution >= 0.6 is 31.9 Å². The number of hydrogen-bond donors (Lipinski definition) is 1. The third-order valence-corrected chi connectivity index (χ3v) is 4.15. The molecule has 21 heavy (non-hydrogen) atoms. The first-order valence-corrected chi connectivity index (χ1v) is 7.70. The molecule has 3 aromatic rings. The van der Waals surface area contributed by atoms with E-state index >= 15 is 0 Å². The van der Waals surface area contributed by atoms with Crippen LogP contribution in [0, 0.1) is 5.82 Å². The van der Waals surface area contributed by atoms with Crippen LogP contribution in [0.15, 0.2) is 57.6 Å². The average Bonchev–Trinajstić information content (AvgIpc) is 2.81. The molecular formula is C15H10Br2FN3. The summed E-state index contributed by atoms with van der Waals surface area (Å²) in [6, 6.07) is 12.2. The van der Waals surface area contributed by atoms with Gasteiger partial charge in [0, 0.05) is 14.5 Å². The molecule has 0 atom stereocenters. The van der Waals surface area contributed by atoms with Crippen LogP contribution in [0.25, 0.3) is 16.9 Å². The van der Waals surface area contributed by atoms with Gasteiger partial charge in [-0.25, -0.2) is 9.07 Å². The highest BCUT2D eigenvalue weighted by molar-refractivity contribution is 9.10. The molecule has 3 nitrogen and oxygen atoms in total. The maximum absolute atomic E-state index is 13.2. The zero-order valence-corrected chi connectivity index (χ0v) is 13.9. The fraction of sp³-hybridized carbons (Fsp3) is 0. The van der Waals surface area contributed by atoms with Crippen molar-refractivity contribution >= 4 is 37.5 Å². The number of hydrogen-bond acceptors (Lipinski definition) is 2. The number of nitrogens with two attached hydrogens (primary N) is 1. The summed E-state index contributed by atoms with van der Waals surface area (Å²) in [5, 5.41) is 4.50. The Kier molecular flexibility index (Phi) is 3.82. The van der Waals surface area contributed by atoms with E-state index in [9.17, 15) is 4.39 Å². The standard InChI is InChI=1S/C15H10Br2FN3/c16-9-2-1-3-11(6-9)21-8-14(19)15(20-21)12-5-4-10(18)7-13(12)17/h1-8H,19H2. The van der Waals surface area contributed by atoms with E-state index in [1.54, 1.807) is 16.9 Å². The highest BCUT2D eigenvalue weighted by atomic mass is 79.9. The molecule has 0 saturated heterocycles. The highest BCUT2D eigenvalue weighted by Crippen LogP contribution is 2.32. The number of anilines is 1. The molecule has 0 aliphatic carbocycles. The van der Waals surface area contributed by atoms with E-state index in [0.29, 0.717) is 15.9 Å². The van der Waals surface area contributed by atoms with Gasteiger partial charge in [0.25, 0.3) is 0 Å². The van der Waals surface area contributed by atoms with Gasteiger partial charge < -0.3 is 5.73 Å². The molecule has 0 radical (unpaired) electrons. The first-order valence-electron chi connectivity index (χ1n) is 6.11. The fourth-order valence-corrected chi connectivity index (χ4v) is 2.95. The second-order valence-electron chi connectivity index (χ2n) is 4.48. The molecule has 3 rings (SSSR count). The average molecular weight is 411 g/mol. The lowest BCUT2D eigenvalue weighted by molar-refractivity contribution is 0.627. The normalized spacial score (nSPS) is 10.8. The van der Waals surface area contributed by atoms with E-state index in [1.807, 2.05) is 24.3 Å². The summed E-state index contributed by atoms with van der Waals surface area (Å²) in [4.78, 5) is 0. The van der Waals surface area contributed by atoms with E-state index in [-0.39, 0.29) is 5.82 Å². The fourth-order valence-electron chi connectivity index (χ4n) is 2.03. The third-order valence-electron chi connectivity index (χ3n) is 3.00. The second kappa shape index (κ2) is 5.61. The first-order chi connectivity index (χ1) is 10.0. The van der Waals surface area contributed by atoms with Gasteiger partial charge in [-0.05, 0) is 52.3 Å². The minimum atomic E-state index is -0.310. The quantitative estimate of drug-likeness (QED) is 0.660. The van der Waals surface area contributed by atoms with E-state index in [2.05, 4.69) is 37.0 Å². The number of nitrogen functional groups attached to an aromatic ring is 1. The molecule has 0 aliphatic heterocycles. The molecule has 1 aromatic heterocycles. The summed E-state index contributed by atoms with van der Waals surface area (Å²) in [6.07, 6.45) is 1.74. The molecule has 0 bridgehead atoms. The predicted octanol–water partition coefficient (Wildman–Crippen LogP) is 4.79. The van der Waals surface area contributed by atoms with Gasteiger partial charge in [-0.15, -0.1) is 0 Å². The van der Waals surface area contributed by atoms with Gasteiger partial charge in [-0.2, -0.15) is 5.10 Å². The summed E-state index contributed by atoms with van der Waals surface area (Å²) < 4.78 is 16.5. The first kappa shape index (κ1) is 14.3. The number of rotatable bonds is 2. The summed E-state index contributed by atoms with van der Waals surface area (Å²) in [5.74, 6) is -0.310. The van der Waals surface area contributed by atoms with Gasteiger partial charge in [-0.3, -0.25) is 0 Å². The molecule has 6 heteroatoms. The largest absolute Gasteiger partial charge is 0.396 e. The van der Waals surface area contributed by atoms with Crippen molar-refractivity contribution in [2.45, 2.75) is 0 Å². The van der Waals surface area contributed by atoms with Crippen molar-refractivity contribution in [3.05, 3.63) is 63.4 Å². The molecule has 0 amide bonds. The SMILES string of the molecule is Nc1cn(-c2cccc(Br)c2)nc1-c1ccc(F)cc1Br. The molecule has 0 fully saturated rings. The smallest absolute Gasteiger partial charge is 0.124 e. The Morgan fingerprint density at radius 1 is 1.10 bits per heavy atom. The number of nitrogens with zero attached hydrogens (tertiary/aromatic N) is 2. The van der Waals surface area contributed by atoms with Crippen LogP contribution in [-0.2, 0) is 0 Å². The van der Waals surface area contributed by atoms with Crippen LogP contribution in [0.2, 0.25) is 0 Å².